The molecule has 1 heterocycles. The molecule has 0 spiro atoms. The SMILES string of the molecule is O=C(c1ccc(Cl)o1)c1cc(F)ccc1Cl. The molecule has 0 N–H and O–H groups in total. The van der Waals surface area contributed by atoms with Gasteiger partial charge in [0.05, 0.1) is 5.02 Å². The van der Waals surface area contributed by atoms with Gasteiger partial charge in [0.15, 0.2) is 11.0 Å². The second kappa shape index (κ2) is 4.28. The number of hydrogen-bond acceptors (Lipinski definition) is 2. The van der Waals surface area contributed by atoms with E-state index in [4.69, 9.17) is 27.6 Å². The standard InChI is InChI=1S/C11H5Cl2FO2/c12-8-2-1-6(14)5-7(8)11(15)9-3-4-10(13)16-9/h1-5H. The third-order valence-corrected chi connectivity index (χ3v) is 2.50. The Hall–Kier alpha value is -1.32. The largest absolute Gasteiger partial charge is 0.441 e. The Kier molecular flexibility index (Phi) is 2.99. The first-order valence-electron chi connectivity index (χ1n) is 4.33. The Balaban J connectivity index is 2.45. The second-order valence-electron chi connectivity index (χ2n) is 3.06. The minimum absolute atomic E-state index is 0.0255. The predicted octanol–water partition coefficient (Wildman–Crippen LogP) is 3.96. The van der Waals surface area contributed by atoms with Gasteiger partial charge >= 0.3 is 0 Å². The summed E-state index contributed by atoms with van der Waals surface area (Å²) in [6, 6.07) is 6.39. The van der Waals surface area contributed by atoms with Gasteiger partial charge in [0, 0.05) is 5.56 Å². The van der Waals surface area contributed by atoms with Crippen molar-refractivity contribution in [2.75, 3.05) is 0 Å². The number of benzene rings is 1. The molecule has 1 aromatic carbocycles. The number of carbonyl (C=O) groups excluding carboxylic acids is 1. The van der Waals surface area contributed by atoms with Crippen molar-refractivity contribution in [3.8, 4) is 0 Å². The fourth-order valence-electron chi connectivity index (χ4n) is 1.24. The minimum Gasteiger partial charge on any atom is -0.441 e. The van der Waals surface area contributed by atoms with E-state index >= 15 is 0 Å². The van der Waals surface area contributed by atoms with Gasteiger partial charge in [-0.3, -0.25) is 4.79 Å². The van der Waals surface area contributed by atoms with E-state index in [0.29, 0.717) is 0 Å². The van der Waals surface area contributed by atoms with Gasteiger partial charge in [0.2, 0.25) is 5.78 Å². The van der Waals surface area contributed by atoms with Gasteiger partial charge in [-0.1, -0.05) is 11.6 Å². The number of carbonyl (C=O) groups is 1. The van der Waals surface area contributed by atoms with Gasteiger partial charge in [-0.2, -0.15) is 0 Å². The highest BCUT2D eigenvalue weighted by Crippen LogP contribution is 2.22. The smallest absolute Gasteiger partial charge is 0.229 e. The van der Waals surface area contributed by atoms with Crippen molar-refractivity contribution < 1.29 is 13.6 Å². The lowest BCUT2D eigenvalue weighted by Gasteiger charge is -2.00. The Morgan fingerprint density at radius 1 is 1.19 bits per heavy atom. The number of hydrogen-bond donors (Lipinski definition) is 0. The van der Waals surface area contributed by atoms with E-state index in [2.05, 4.69) is 0 Å². The topological polar surface area (TPSA) is 30.2 Å². The van der Waals surface area contributed by atoms with Crippen molar-refractivity contribution in [1.82, 2.24) is 0 Å². The molecule has 0 fully saturated rings. The van der Waals surface area contributed by atoms with E-state index in [9.17, 15) is 9.18 Å². The lowest BCUT2D eigenvalue weighted by molar-refractivity contribution is 0.101. The van der Waals surface area contributed by atoms with E-state index in [1.54, 1.807) is 0 Å². The third-order valence-electron chi connectivity index (χ3n) is 1.97. The van der Waals surface area contributed by atoms with Crippen LogP contribution in [0.3, 0.4) is 0 Å². The molecule has 2 rings (SSSR count). The minimum atomic E-state index is -0.537. The molecule has 0 saturated heterocycles. The zero-order chi connectivity index (χ0) is 11.7. The van der Waals surface area contributed by atoms with Gasteiger partial charge in [0.25, 0.3) is 0 Å². The molecule has 0 aliphatic heterocycles. The fraction of sp³-hybridized carbons (Fsp3) is 0. The van der Waals surface area contributed by atoms with E-state index in [-0.39, 0.29) is 21.6 Å². The highest BCUT2D eigenvalue weighted by Gasteiger charge is 2.17. The van der Waals surface area contributed by atoms with E-state index < -0.39 is 11.6 Å². The Morgan fingerprint density at radius 2 is 1.94 bits per heavy atom. The third kappa shape index (κ3) is 2.10. The van der Waals surface area contributed by atoms with Gasteiger partial charge in [-0.25, -0.2) is 4.39 Å². The van der Waals surface area contributed by atoms with Crippen LogP contribution in [-0.2, 0) is 0 Å². The highest BCUT2D eigenvalue weighted by atomic mass is 35.5. The van der Waals surface area contributed by atoms with E-state index in [1.807, 2.05) is 0 Å². The van der Waals surface area contributed by atoms with Crippen LogP contribution in [0.15, 0.2) is 34.7 Å². The van der Waals surface area contributed by atoms with Crippen molar-refractivity contribution in [2.24, 2.45) is 0 Å². The molecule has 2 nitrogen and oxygen atoms in total. The summed E-state index contributed by atoms with van der Waals surface area (Å²) in [5.41, 5.74) is 0.0488. The molecule has 82 valence electrons. The zero-order valence-electron chi connectivity index (χ0n) is 7.84. The first kappa shape index (κ1) is 11.2. The molecule has 0 unspecified atom stereocenters. The summed E-state index contributed by atoms with van der Waals surface area (Å²) in [7, 11) is 0. The Bertz CT molecular complexity index is 549. The first-order valence-corrected chi connectivity index (χ1v) is 5.08. The Labute approximate surface area is 101 Å². The van der Waals surface area contributed by atoms with Crippen LogP contribution in [0.1, 0.15) is 16.1 Å². The van der Waals surface area contributed by atoms with Gasteiger partial charge in [-0.05, 0) is 41.9 Å². The van der Waals surface area contributed by atoms with Crippen LogP contribution in [-0.4, -0.2) is 5.78 Å². The van der Waals surface area contributed by atoms with Crippen LogP contribution in [0, 0.1) is 5.82 Å². The van der Waals surface area contributed by atoms with Crippen LogP contribution in [0.5, 0.6) is 0 Å². The van der Waals surface area contributed by atoms with E-state index in [0.717, 1.165) is 6.07 Å². The first-order chi connectivity index (χ1) is 7.58. The average Bonchev–Trinajstić information content (AvgIpc) is 2.67. The summed E-state index contributed by atoms with van der Waals surface area (Å²) in [5.74, 6) is -1.01. The number of rotatable bonds is 2. The summed E-state index contributed by atoms with van der Waals surface area (Å²) >= 11 is 11.3. The van der Waals surface area contributed by atoms with Crippen LogP contribution in [0.25, 0.3) is 0 Å². The van der Waals surface area contributed by atoms with Crippen molar-refractivity contribution >= 4 is 29.0 Å². The maximum absolute atomic E-state index is 13.0. The maximum Gasteiger partial charge on any atom is 0.229 e. The van der Waals surface area contributed by atoms with Crippen LogP contribution >= 0.6 is 23.2 Å². The van der Waals surface area contributed by atoms with Gasteiger partial charge in [0.1, 0.15) is 5.82 Å². The van der Waals surface area contributed by atoms with Crippen LogP contribution in [0.2, 0.25) is 10.2 Å². The Morgan fingerprint density at radius 3 is 2.56 bits per heavy atom. The van der Waals surface area contributed by atoms with Crippen molar-refractivity contribution in [3.63, 3.8) is 0 Å². The van der Waals surface area contributed by atoms with Crippen molar-refractivity contribution in [3.05, 3.63) is 57.7 Å². The summed E-state index contributed by atoms with van der Waals surface area (Å²) in [4.78, 5) is 11.8. The molecule has 0 bridgehead atoms. The second-order valence-corrected chi connectivity index (χ2v) is 3.84. The molecule has 0 atom stereocenters. The lowest BCUT2D eigenvalue weighted by atomic mass is 10.1. The summed E-state index contributed by atoms with van der Waals surface area (Å²) < 4.78 is 17.9. The molecule has 0 radical (unpaired) electrons. The molecule has 5 heteroatoms. The maximum atomic E-state index is 13.0. The van der Waals surface area contributed by atoms with E-state index in [1.165, 1.54) is 24.3 Å². The average molecular weight is 259 g/mol. The van der Waals surface area contributed by atoms with Gasteiger partial charge in [-0.15, -0.1) is 0 Å². The normalized spacial score (nSPS) is 10.4. The number of ketones is 1. The van der Waals surface area contributed by atoms with Gasteiger partial charge < -0.3 is 4.42 Å². The number of furan rings is 1. The number of halogens is 3. The van der Waals surface area contributed by atoms with Crippen molar-refractivity contribution in [1.29, 1.82) is 0 Å². The fourth-order valence-corrected chi connectivity index (χ4v) is 1.59. The molecular formula is C11H5Cl2FO2. The molecule has 0 amide bonds. The van der Waals surface area contributed by atoms with Crippen molar-refractivity contribution in [2.45, 2.75) is 0 Å². The molecule has 16 heavy (non-hydrogen) atoms. The molecule has 0 aliphatic rings. The lowest BCUT2D eigenvalue weighted by Crippen LogP contribution is -2.01. The van der Waals surface area contributed by atoms with Crippen LogP contribution < -0.4 is 0 Å². The van der Waals surface area contributed by atoms with Crippen LogP contribution in [0.4, 0.5) is 4.39 Å². The monoisotopic (exact) mass is 258 g/mol. The quantitative estimate of drug-likeness (QED) is 0.764. The molecule has 0 saturated carbocycles. The summed E-state index contributed by atoms with van der Waals surface area (Å²) in [6.45, 7) is 0. The predicted molar refractivity (Wildman–Crippen MR) is 58.6 cm³/mol. The molecule has 0 aliphatic carbocycles. The summed E-state index contributed by atoms with van der Waals surface area (Å²) in [5, 5.41) is 0.259. The molecule has 2 aromatic rings. The molecule has 1 aromatic heterocycles. The summed E-state index contributed by atoms with van der Waals surface area (Å²) in [6.07, 6.45) is 0. The molecular weight excluding hydrogens is 254 g/mol. The highest BCUT2D eigenvalue weighted by molar-refractivity contribution is 6.35. The zero-order valence-corrected chi connectivity index (χ0v) is 9.35.